The minimum absolute atomic E-state index is 0.114. The molecule has 1 heterocycles. The summed E-state index contributed by atoms with van der Waals surface area (Å²) in [5.74, 6) is 8.00. The number of amides is 2. The number of nitrogens with two attached hydrogens (primary N) is 1. The van der Waals surface area contributed by atoms with Crippen LogP contribution in [-0.2, 0) is 0 Å². The first-order valence-electron chi connectivity index (χ1n) is 13.6. The van der Waals surface area contributed by atoms with Gasteiger partial charge < -0.3 is 10.2 Å². The number of nitrogens with one attached hydrogen (secondary N) is 1. The van der Waals surface area contributed by atoms with Crippen molar-refractivity contribution >= 4 is 29.2 Å². The van der Waals surface area contributed by atoms with Crippen LogP contribution in [0.5, 0.6) is 0 Å². The maximum Gasteiger partial charge on any atom is 0.321 e. The molecular weight excluding hydrogens is 518 g/mol. The fraction of sp³-hybridized carbons (Fsp3) is 0.323. The topological polar surface area (TPSA) is 89.6 Å². The number of urea groups is 1. The Labute approximate surface area is 241 Å². The predicted molar refractivity (Wildman–Crippen MR) is 166 cm³/mol. The van der Waals surface area contributed by atoms with Crippen LogP contribution in [0.1, 0.15) is 29.0 Å². The van der Waals surface area contributed by atoms with Crippen molar-refractivity contribution < 1.29 is 4.79 Å². The Balaban J connectivity index is 1.49. The Kier molecular flexibility index (Phi) is 11.2. The van der Waals surface area contributed by atoms with E-state index >= 15 is 0 Å². The molecule has 40 heavy (non-hydrogen) atoms. The van der Waals surface area contributed by atoms with Gasteiger partial charge in [-0.25, -0.2) is 15.8 Å². The highest BCUT2D eigenvalue weighted by molar-refractivity contribution is 7.99. The van der Waals surface area contributed by atoms with Crippen molar-refractivity contribution in [2.24, 2.45) is 16.2 Å². The molecule has 1 aliphatic heterocycles. The average molecular weight is 558 g/mol. The fourth-order valence-electron chi connectivity index (χ4n) is 4.74. The van der Waals surface area contributed by atoms with Gasteiger partial charge >= 0.3 is 6.03 Å². The lowest BCUT2D eigenvalue weighted by Gasteiger charge is -2.31. The molecule has 8 nitrogen and oxygen atoms in total. The van der Waals surface area contributed by atoms with Crippen LogP contribution in [-0.4, -0.2) is 72.2 Å². The van der Waals surface area contributed by atoms with E-state index in [1.165, 1.54) is 11.1 Å². The standard InChI is InChI=1S/C31H39N7OS/c1-25(34-35-36(2)32)28-14-9-15-29(24-28)33-31(39)38(19-18-37-20-22-40-23-21-37)17-16-30(26-10-5-3-6-11-26)27-12-7-4-8-13-27/h3-15,24,30H,1,16-23,32H2,2H3,(H,33,39)/b35-34-. The average Bonchev–Trinajstić information content (AvgIpc) is 2.99. The normalized spacial score (nSPS) is 13.9. The predicted octanol–water partition coefficient (Wildman–Crippen LogP) is 5.93. The van der Waals surface area contributed by atoms with E-state index < -0.39 is 0 Å². The first-order valence-corrected chi connectivity index (χ1v) is 14.8. The monoisotopic (exact) mass is 557 g/mol. The third-order valence-corrected chi connectivity index (χ3v) is 7.86. The van der Waals surface area contributed by atoms with Gasteiger partial charge in [-0.1, -0.05) is 84.6 Å². The molecule has 0 bridgehead atoms. The summed E-state index contributed by atoms with van der Waals surface area (Å²) in [6, 6.07) is 28.5. The van der Waals surface area contributed by atoms with Gasteiger partial charge in [0.05, 0.1) is 5.70 Å². The van der Waals surface area contributed by atoms with E-state index in [1.807, 2.05) is 53.1 Å². The zero-order chi connectivity index (χ0) is 28.2. The first kappa shape index (κ1) is 29.3. The van der Waals surface area contributed by atoms with Gasteiger partial charge in [0, 0.05) is 68.4 Å². The van der Waals surface area contributed by atoms with Crippen molar-refractivity contribution in [2.75, 3.05) is 56.6 Å². The lowest BCUT2D eigenvalue weighted by atomic mass is 9.88. The number of carbonyl (C=O) groups is 1. The molecule has 4 rings (SSSR count). The number of thioether (sulfide) groups is 1. The molecule has 1 fully saturated rings. The van der Waals surface area contributed by atoms with Crippen LogP contribution in [0, 0.1) is 0 Å². The van der Waals surface area contributed by atoms with Gasteiger partial charge in [0.15, 0.2) is 0 Å². The van der Waals surface area contributed by atoms with Crippen molar-refractivity contribution in [1.29, 1.82) is 0 Å². The smallest absolute Gasteiger partial charge is 0.321 e. The number of nitrogens with zero attached hydrogens (tertiary/aromatic N) is 5. The molecular formula is C31H39N7OS. The van der Waals surface area contributed by atoms with Crippen LogP contribution >= 0.6 is 11.8 Å². The Morgan fingerprint density at radius 2 is 1.65 bits per heavy atom. The second kappa shape index (κ2) is 15.2. The number of anilines is 1. The van der Waals surface area contributed by atoms with Crippen LogP contribution in [0.25, 0.3) is 5.70 Å². The third-order valence-electron chi connectivity index (χ3n) is 6.92. The molecule has 0 spiro atoms. The van der Waals surface area contributed by atoms with E-state index in [4.69, 9.17) is 5.84 Å². The lowest BCUT2D eigenvalue weighted by molar-refractivity contribution is 0.195. The van der Waals surface area contributed by atoms with E-state index in [1.54, 1.807) is 7.05 Å². The van der Waals surface area contributed by atoms with E-state index in [2.05, 4.69) is 75.7 Å². The molecule has 0 aliphatic carbocycles. The molecule has 0 radical (unpaired) electrons. The summed E-state index contributed by atoms with van der Waals surface area (Å²) in [5, 5.41) is 12.1. The molecule has 0 saturated carbocycles. The zero-order valence-electron chi connectivity index (χ0n) is 23.2. The Bertz CT molecular complexity index is 1210. The summed E-state index contributed by atoms with van der Waals surface area (Å²) in [7, 11) is 1.59. The SMILES string of the molecule is C=C(/N=N\N(C)N)c1cccc(NC(=O)N(CCC(c2ccccc2)c2ccccc2)CCN2CCSCC2)c1. The van der Waals surface area contributed by atoms with Gasteiger partial charge in [-0.3, -0.25) is 4.90 Å². The minimum Gasteiger partial charge on any atom is -0.323 e. The van der Waals surface area contributed by atoms with Crippen molar-refractivity contribution in [3.63, 3.8) is 0 Å². The van der Waals surface area contributed by atoms with Gasteiger partial charge in [0.25, 0.3) is 0 Å². The van der Waals surface area contributed by atoms with Gasteiger partial charge in [-0.05, 0) is 29.7 Å². The molecule has 1 saturated heterocycles. The molecule has 210 valence electrons. The third kappa shape index (κ3) is 8.94. The number of carbonyl (C=O) groups excluding carboxylic acids is 1. The van der Waals surface area contributed by atoms with E-state index in [9.17, 15) is 4.79 Å². The maximum absolute atomic E-state index is 13.7. The summed E-state index contributed by atoms with van der Waals surface area (Å²) in [6.07, 6.45) is 0.821. The molecule has 2 amide bonds. The summed E-state index contributed by atoms with van der Waals surface area (Å²) in [5.41, 5.74) is 4.41. The summed E-state index contributed by atoms with van der Waals surface area (Å²) in [6.45, 7) is 8.25. The van der Waals surface area contributed by atoms with E-state index in [-0.39, 0.29) is 11.9 Å². The highest BCUT2D eigenvalue weighted by Crippen LogP contribution is 2.28. The van der Waals surface area contributed by atoms with Gasteiger partial charge in [-0.15, -0.1) is 5.11 Å². The first-order chi connectivity index (χ1) is 19.5. The molecule has 0 aromatic heterocycles. The van der Waals surface area contributed by atoms with E-state index in [0.717, 1.165) is 48.2 Å². The summed E-state index contributed by atoms with van der Waals surface area (Å²) < 4.78 is 0. The van der Waals surface area contributed by atoms with Gasteiger partial charge in [0.2, 0.25) is 0 Å². The van der Waals surface area contributed by atoms with Gasteiger partial charge in [-0.2, -0.15) is 11.8 Å². The van der Waals surface area contributed by atoms with Crippen LogP contribution in [0.4, 0.5) is 10.5 Å². The Morgan fingerprint density at radius 1 is 1.00 bits per heavy atom. The van der Waals surface area contributed by atoms with Crippen LogP contribution in [0.3, 0.4) is 0 Å². The molecule has 3 N–H and O–H groups in total. The molecule has 0 atom stereocenters. The zero-order valence-corrected chi connectivity index (χ0v) is 24.0. The summed E-state index contributed by atoms with van der Waals surface area (Å²) in [4.78, 5) is 18.1. The lowest BCUT2D eigenvalue weighted by Crippen LogP contribution is -2.43. The largest absolute Gasteiger partial charge is 0.323 e. The van der Waals surface area contributed by atoms with Crippen molar-refractivity contribution in [2.45, 2.75) is 12.3 Å². The number of hydrogen-bond donors (Lipinski definition) is 2. The van der Waals surface area contributed by atoms with Crippen molar-refractivity contribution in [3.8, 4) is 0 Å². The molecule has 1 aliphatic rings. The van der Waals surface area contributed by atoms with Crippen LogP contribution < -0.4 is 11.2 Å². The Hall–Kier alpha value is -3.66. The number of benzene rings is 3. The van der Waals surface area contributed by atoms with Crippen molar-refractivity contribution in [1.82, 2.24) is 14.9 Å². The fourth-order valence-corrected chi connectivity index (χ4v) is 5.72. The van der Waals surface area contributed by atoms with Gasteiger partial charge in [0.1, 0.15) is 0 Å². The highest BCUT2D eigenvalue weighted by atomic mass is 32.2. The Morgan fingerprint density at radius 3 is 2.27 bits per heavy atom. The number of hydrazine groups is 1. The highest BCUT2D eigenvalue weighted by Gasteiger charge is 2.21. The maximum atomic E-state index is 13.7. The van der Waals surface area contributed by atoms with Crippen LogP contribution in [0.2, 0.25) is 0 Å². The summed E-state index contributed by atoms with van der Waals surface area (Å²) >= 11 is 1.99. The molecule has 0 unspecified atom stereocenters. The van der Waals surface area contributed by atoms with Crippen LogP contribution in [0.15, 0.2) is 102 Å². The van der Waals surface area contributed by atoms with Crippen molar-refractivity contribution in [3.05, 3.63) is 108 Å². The second-order valence-corrected chi connectivity index (χ2v) is 11.0. The molecule has 9 heteroatoms. The van der Waals surface area contributed by atoms with E-state index in [0.29, 0.717) is 24.5 Å². The number of hydrogen-bond acceptors (Lipinski definition) is 6. The molecule has 3 aromatic carbocycles. The second-order valence-electron chi connectivity index (χ2n) is 9.82. The quantitative estimate of drug-likeness (QED) is 0.164. The number of rotatable bonds is 12. The minimum atomic E-state index is -0.114. The molecule has 3 aromatic rings.